The first-order valence-electron chi connectivity index (χ1n) is 8.11. The van der Waals surface area contributed by atoms with Crippen LogP contribution in [0.15, 0.2) is 60.5 Å². The van der Waals surface area contributed by atoms with Crippen LogP contribution in [-0.2, 0) is 12.8 Å². The van der Waals surface area contributed by atoms with Gasteiger partial charge in [-0.05, 0) is 54.3 Å². The molecule has 1 aliphatic carbocycles. The lowest BCUT2D eigenvalue weighted by Crippen LogP contribution is -2.26. The Balaban J connectivity index is 1.49. The molecule has 1 aliphatic heterocycles. The molecular weight excluding hydrogens is 298 g/mol. The van der Waals surface area contributed by atoms with Gasteiger partial charge in [-0.1, -0.05) is 12.1 Å². The predicted molar refractivity (Wildman–Crippen MR) is 91.7 cm³/mol. The second-order valence-corrected chi connectivity index (χ2v) is 5.97. The quantitative estimate of drug-likeness (QED) is 0.868. The zero-order valence-corrected chi connectivity index (χ0v) is 13.3. The van der Waals surface area contributed by atoms with Crippen molar-refractivity contribution >= 4 is 0 Å². The summed E-state index contributed by atoms with van der Waals surface area (Å²) >= 11 is 0. The van der Waals surface area contributed by atoms with Crippen molar-refractivity contribution in [2.24, 2.45) is 0 Å². The van der Waals surface area contributed by atoms with Crippen LogP contribution in [0.4, 0.5) is 0 Å². The molecule has 0 saturated heterocycles. The number of hydrogen-bond acceptors (Lipinski definition) is 4. The van der Waals surface area contributed by atoms with E-state index >= 15 is 0 Å². The van der Waals surface area contributed by atoms with Crippen molar-refractivity contribution in [3.63, 3.8) is 0 Å². The van der Waals surface area contributed by atoms with Gasteiger partial charge in [0.1, 0.15) is 11.8 Å². The van der Waals surface area contributed by atoms with Gasteiger partial charge >= 0.3 is 0 Å². The lowest BCUT2D eigenvalue weighted by Gasteiger charge is -2.26. The molecule has 2 aliphatic rings. The molecule has 0 N–H and O–H groups in total. The summed E-state index contributed by atoms with van der Waals surface area (Å²) in [6.07, 6.45) is 10.0. The molecule has 0 bridgehead atoms. The zero-order chi connectivity index (χ0) is 16.4. The first kappa shape index (κ1) is 14.5. The van der Waals surface area contributed by atoms with Crippen molar-refractivity contribution in [3.05, 3.63) is 77.1 Å². The van der Waals surface area contributed by atoms with E-state index in [1.165, 1.54) is 23.0 Å². The van der Waals surface area contributed by atoms with Crippen LogP contribution in [0.2, 0.25) is 0 Å². The molecule has 0 amide bonds. The largest absolute Gasteiger partial charge is 0.439 e. The highest BCUT2D eigenvalue weighted by Gasteiger charge is 2.17. The van der Waals surface area contributed by atoms with E-state index in [4.69, 9.17) is 10.00 Å². The molecule has 1 aromatic heterocycles. The van der Waals surface area contributed by atoms with Crippen LogP contribution < -0.4 is 4.74 Å². The van der Waals surface area contributed by atoms with Crippen molar-refractivity contribution in [2.75, 3.05) is 13.1 Å². The van der Waals surface area contributed by atoms with E-state index in [1.807, 2.05) is 6.07 Å². The molecule has 24 heavy (non-hydrogen) atoms. The maximum Gasteiger partial charge on any atom is 0.219 e. The molecule has 0 spiro atoms. The Morgan fingerprint density at radius 2 is 1.92 bits per heavy atom. The average Bonchev–Trinajstić information content (AvgIpc) is 2.77. The van der Waals surface area contributed by atoms with Crippen LogP contribution in [0.5, 0.6) is 11.6 Å². The number of nitrogens with zero attached hydrogens (tertiary/aromatic N) is 3. The van der Waals surface area contributed by atoms with Crippen LogP contribution in [0.3, 0.4) is 0 Å². The standard InChI is InChI=1S/C20H17N3O/c21-13-15-4-7-20(22-14-15)24-19-6-5-16-8-10-23(18-2-1-3-18)11-9-17(16)12-19/h1-7,12,14H,8-11H2. The van der Waals surface area contributed by atoms with E-state index in [9.17, 15) is 0 Å². The Bertz CT molecular complexity index is 859. The van der Waals surface area contributed by atoms with Gasteiger partial charge < -0.3 is 9.64 Å². The Kier molecular flexibility index (Phi) is 3.76. The SMILES string of the molecule is N#Cc1ccc(Oc2ccc3c(c2)CCN(C2=CC=C2)CC3)nc1. The number of ether oxygens (including phenoxy) is 1. The summed E-state index contributed by atoms with van der Waals surface area (Å²) in [5.74, 6) is 1.30. The summed E-state index contributed by atoms with van der Waals surface area (Å²) in [5.41, 5.74) is 4.60. The molecule has 4 rings (SSSR count). The maximum atomic E-state index is 8.82. The van der Waals surface area contributed by atoms with Gasteiger partial charge in [-0.2, -0.15) is 5.26 Å². The second kappa shape index (κ2) is 6.21. The van der Waals surface area contributed by atoms with Crippen LogP contribution in [0.25, 0.3) is 0 Å². The number of rotatable bonds is 3. The summed E-state index contributed by atoms with van der Waals surface area (Å²) < 4.78 is 5.83. The highest BCUT2D eigenvalue weighted by molar-refractivity contribution is 5.40. The molecule has 1 aromatic carbocycles. The smallest absolute Gasteiger partial charge is 0.219 e. The molecule has 4 nitrogen and oxygen atoms in total. The van der Waals surface area contributed by atoms with Gasteiger partial charge in [-0.3, -0.25) is 0 Å². The summed E-state index contributed by atoms with van der Waals surface area (Å²) in [5, 5.41) is 8.82. The Morgan fingerprint density at radius 3 is 2.58 bits per heavy atom. The average molecular weight is 315 g/mol. The normalized spacial score (nSPS) is 15.6. The lowest BCUT2D eigenvalue weighted by atomic mass is 10.0. The molecule has 2 aromatic rings. The number of fused-ring (bicyclic) bond motifs is 1. The molecule has 118 valence electrons. The van der Waals surface area contributed by atoms with Crippen LogP contribution >= 0.6 is 0 Å². The van der Waals surface area contributed by atoms with Crippen molar-refractivity contribution in [3.8, 4) is 17.7 Å². The van der Waals surface area contributed by atoms with E-state index in [0.717, 1.165) is 31.7 Å². The third kappa shape index (κ3) is 2.89. The predicted octanol–water partition coefficient (Wildman–Crippen LogP) is 3.60. The van der Waals surface area contributed by atoms with E-state index in [1.54, 1.807) is 12.1 Å². The number of benzene rings is 1. The summed E-state index contributed by atoms with van der Waals surface area (Å²) in [6, 6.07) is 11.8. The van der Waals surface area contributed by atoms with Crippen LogP contribution in [-0.4, -0.2) is 23.0 Å². The monoisotopic (exact) mass is 315 g/mol. The summed E-state index contributed by atoms with van der Waals surface area (Å²) in [7, 11) is 0. The first-order valence-corrected chi connectivity index (χ1v) is 8.11. The highest BCUT2D eigenvalue weighted by Crippen LogP contribution is 2.27. The number of allylic oxidation sites excluding steroid dienone is 3. The molecule has 0 saturated carbocycles. The van der Waals surface area contributed by atoms with Crippen molar-refractivity contribution in [1.82, 2.24) is 9.88 Å². The Labute approximate surface area is 141 Å². The van der Waals surface area contributed by atoms with Crippen molar-refractivity contribution in [1.29, 1.82) is 5.26 Å². The third-order valence-corrected chi connectivity index (χ3v) is 4.47. The van der Waals surface area contributed by atoms with Gasteiger partial charge in [0.2, 0.25) is 5.88 Å². The molecular formula is C20H17N3O. The fourth-order valence-electron chi connectivity index (χ4n) is 3.04. The van der Waals surface area contributed by atoms with Crippen molar-refractivity contribution in [2.45, 2.75) is 12.8 Å². The lowest BCUT2D eigenvalue weighted by molar-refractivity contribution is 0.370. The van der Waals surface area contributed by atoms with Gasteiger partial charge in [0.25, 0.3) is 0 Å². The second-order valence-electron chi connectivity index (χ2n) is 5.97. The zero-order valence-electron chi connectivity index (χ0n) is 13.3. The molecule has 0 radical (unpaired) electrons. The van der Waals surface area contributed by atoms with Gasteiger partial charge in [0.15, 0.2) is 0 Å². The first-order chi connectivity index (χ1) is 11.8. The molecule has 0 atom stereocenters. The van der Waals surface area contributed by atoms with E-state index < -0.39 is 0 Å². The minimum atomic E-state index is 0.508. The minimum absolute atomic E-state index is 0.508. The van der Waals surface area contributed by atoms with Gasteiger partial charge in [0, 0.05) is 31.0 Å². The fraction of sp³-hybridized carbons (Fsp3) is 0.200. The molecule has 2 heterocycles. The van der Waals surface area contributed by atoms with E-state index in [0.29, 0.717) is 11.4 Å². The van der Waals surface area contributed by atoms with Crippen molar-refractivity contribution < 1.29 is 4.74 Å². The minimum Gasteiger partial charge on any atom is -0.439 e. The van der Waals surface area contributed by atoms with Crippen LogP contribution in [0, 0.1) is 11.3 Å². The number of aromatic nitrogens is 1. The highest BCUT2D eigenvalue weighted by atomic mass is 16.5. The molecule has 4 heteroatoms. The number of hydrogen-bond donors (Lipinski definition) is 0. The third-order valence-electron chi connectivity index (χ3n) is 4.47. The Hall–Kier alpha value is -3.06. The van der Waals surface area contributed by atoms with Gasteiger partial charge in [-0.25, -0.2) is 4.98 Å². The summed E-state index contributed by atoms with van der Waals surface area (Å²) in [6.45, 7) is 2.09. The summed E-state index contributed by atoms with van der Waals surface area (Å²) in [4.78, 5) is 6.59. The topological polar surface area (TPSA) is 49.1 Å². The van der Waals surface area contributed by atoms with Gasteiger partial charge in [0.05, 0.1) is 5.56 Å². The molecule has 0 unspecified atom stereocenters. The van der Waals surface area contributed by atoms with Gasteiger partial charge in [-0.15, -0.1) is 0 Å². The van der Waals surface area contributed by atoms with E-state index in [-0.39, 0.29) is 0 Å². The molecule has 0 fully saturated rings. The van der Waals surface area contributed by atoms with Crippen LogP contribution in [0.1, 0.15) is 16.7 Å². The van der Waals surface area contributed by atoms with E-state index in [2.05, 4.69) is 46.3 Å². The maximum absolute atomic E-state index is 8.82. The fourth-order valence-corrected chi connectivity index (χ4v) is 3.04. The Morgan fingerprint density at radius 1 is 1.08 bits per heavy atom. The number of pyridine rings is 1. The number of nitriles is 1.